The highest BCUT2D eigenvalue weighted by Crippen LogP contribution is 2.26. The van der Waals surface area contributed by atoms with Gasteiger partial charge in [-0.05, 0) is 24.6 Å². The van der Waals surface area contributed by atoms with E-state index in [1.54, 1.807) is 12.1 Å². The summed E-state index contributed by atoms with van der Waals surface area (Å²) in [5.41, 5.74) is 0.867. The number of pyridine rings is 1. The Morgan fingerprint density at radius 3 is 2.54 bits per heavy atom. The molecule has 1 aromatic carbocycles. The average molecular weight is 523 g/mol. The summed E-state index contributed by atoms with van der Waals surface area (Å²) in [7, 11) is -0.475. The highest BCUT2D eigenvalue weighted by atomic mass is 32.2. The van der Waals surface area contributed by atoms with Gasteiger partial charge in [0.2, 0.25) is 5.88 Å². The summed E-state index contributed by atoms with van der Waals surface area (Å²) in [4.78, 5) is 27.6. The maximum absolute atomic E-state index is 13.1. The van der Waals surface area contributed by atoms with Crippen molar-refractivity contribution in [2.75, 3.05) is 45.1 Å². The van der Waals surface area contributed by atoms with Crippen LogP contribution in [0.2, 0.25) is 0 Å². The summed E-state index contributed by atoms with van der Waals surface area (Å²) in [6.07, 6.45) is 0.708. The predicted molar refractivity (Wildman–Crippen MR) is 132 cm³/mol. The van der Waals surface area contributed by atoms with Crippen LogP contribution in [0.3, 0.4) is 0 Å². The number of anilines is 1. The van der Waals surface area contributed by atoms with Crippen molar-refractivity contribution < 1.29 is 32.6 Å². The highest BCUT2D eigenvalue weighted by Gasteiger charge is 2.20. The maximum atomic E-state index is 13.1. The standard InChI is InChI=1S/C22H26N4O7S2/c1-31-12-4-14-35(29,30)16-7-5-15(6-8-16)19(26-33-13-3-11-27)20(28)25-22-23-17-9-10-18(32-2)24-21(17)34-22/h5-10,27H,3-4,11-14H2,1-2H3,(H,23,25,28). The van der Waals surface area contributed by atoms with Crippen molar-refractivity contribution >= 4 is 48.3 Å². The number of carbonyl (C=O) groups is 1. The van der Waals surface area contributed by atoms with E-state index in [2.05, 4.69) is 20.4 Å². The van der Waals surface area contributed by atoms with E-state index in [1.807, 2.05) is 0 Å². The molecule has 0 saturated carbocycles. The molecule has 0 unspecified atom stereocenters. The lowest BCUT2D eigenvalue weighted by Gasteiger charge is -2.09. The van der Waals surface area contributed by atoms with Crippen LogP contribution >= 0.6 is 11.3 Å². The van der Waals surface area contributed by atoms with Crippen LogP contribution < -0.4 is 10.1 Å². The van der Waals surface area contributed by atoms with Crippen LogP contribution in [0.1, 0.15) is 18.4 Å². The minimum Gasteiger partial charge on any atom is -0.481 e. The number of nitrogens with one attached hydrogen (secondary N) is 1. The molecular formula is C22H26N4O7S2. The van der Waals surface area contributed by atoms with Crippen LogP contribution in [0.25, 0.3) is 10.3 Å². The molecule has 2 aromatic heterocycles. The molecule has 3 aromatic rings. The van der Waals surface area contributed by atoms with Crippen LogP contribution in [-0.2, 0) is 24.2 Å². The van der Waals surface area contributed by atoms with Gasteiger partial charge < -0.3 is 19.4 Å². The summed E-state index contributed by atoms with van der Waals surface area (Å²) in [6.45, 7) is 0.354. The molecule has 2 N–H and O–H groups in total. The Morgan fingerprint density at radius 2 is 1.86 bits per heavy atom. The molecule has 0 radical (unpaired) electrons. The zero-order valence-corrected chi connectivity index (χ0v) is 20.9. The Balaban J connectivity index is 1.82. The van der Waals surface area contributed by atoms with Gasteiger partial charge in [0.1, 0.15) is 17.0 Å². The fourth-order valence-electron chi connectivity index (χ4n) is 2.92. The lowest BCUT2D eigenvalue weighted by Crippen LogP contribution is -2.24. The Hall–Kier alpha value is -3.13. The van der Waals surface area contributed by atoms with E-state index in [4.69, 9.17) is 19.4 Å². The number of aliphatic hydroxyl groups is 1. The number of hydrogen-bond acceptors (Lipinski definition) is 11. The first-order valence-electron chi connectivity index (χ1n) is 10.6. The molecule has 188 valence electrons. The Labute approximate surface area is 206 Å². The molecular weight excluding hydrogens is 496 g/mol. The number of oxime groups is 1. The number of thiazole rings is 1. The van der Waals surface area contributed by atoms with Gasteiger partial charge in [-0.3, -0.25) is 10.1 Å². The Kier molecular flexibility index (Phi) is 9.48. The quantitative estimate of drug-likeness (QED) is 0.196. The van der Waals surface area contributed by atoms with Crippen molar-refractivity contribution in [2.24, 2.45) is 5.16 Å². The van der Waals surface area contributed by atoms with Gasteiger partial charge in [-0.1, -0.05) is 28.6 Å². The summed E-state index contributed by atoms with van der Waals surface area (Å²) in [5.74, 6) is -0.228. The minimum atomic E-state index is -3.49. The molecule has 0 saturated heterocycles. The summed E-state index contributed by atoms with van der Waals surface area (Å²) < 4.78 is 35.0. The first-order valence-corrected chi connectivity index (χ1v) is 13.1. The molecule has 0 spiro atoms. The molecule has 11 nitrogen and oxygen atoms in total. The van der Waals surface area contributed by atoms with E-state index in [0.717, 1.165) is 11.3 Å². The van der Waals surface area contributed by atoms with Gasteiger partial charge in [-0.15, -0.1) is 0 Å². The van der Waals surface area contributed by atoms with Gasteiger partial charge >= 0.3 is 0 Å². The smallest absolute Gasteiger partial charge is 0.280 e. The van der Waals surface area contributed by atoms with Crippen molar-refractivity contribution in [3.05, 3.63) is 42.0 Å². The van der Waals surface area contributed by atoms with Crippen LogP contribution in [0.4, 0.5) is 5.13 Å². The largest absolute Gasteiger partial charge is 0.481 e. The molecule has 0 aliphatic rings. The van der Waals surface area contributed by atoms with Crippen molar-refractivity contribution in [3.8, 4) is 5.88 Å². The molecule has 0 fully saturated rings. The van der Waals surface area contributed by atoms with Gasteiger partial charge in [0.15, 0.2) is 20.7 Å². The number of sulfone groups is 1. The van der Waals surface area contributed by atoms with E-state index in [1.165, 1.54) is 38.5 Å². The molecule has 35 heavy (non-hydrogen) atoms. The molecule has 1 amide bonds. The number of benzene rings is 1. The zero-order chi connectivity index (χ0) is 25.3. The zero-order valence-electron chi connectivity index (χ0n) is 19.3. The van der Waals surface area contributed by atoms with E-state index in [-0.39, 0.29) is 29.6 Å². The molecule has 0 atom stereocenters. The van der Waals surface area contributed by atoms with Crippen molar-refractivity contribution in [1.29, 1.82) is 0 Å². The van der Waals surface area contributed by atoms with E-state index < -0.39 is 15.7 Å². The maximum Gasteiger partial charge on any atom is 0.280 e. The SMILES string of the molecule is COCCCS(=O)(=O)c1ccc(C(=NOCCCO)C(=O)Nc2nc3ccc(OC)nc3s2)cc1. The lowest BCUT2D eigenvalue weighted by atomic mass is 10.1. The van der Waals surface area contributed by atoms with Crippen molar-refractivity contribution in [2.45, 2.75) is 17.7 Å². The number of aromatic nitrogens is 2. The normalized spacial score (nSPS) is 12.0. The van der Waals surface area contributed by atoms with Gasteiger partial charge in [0, 0.05) is 38.4 Å². The summed E-state index contributed by atoms with van der Waals surface area (Å²) >= 11 is 1.16. The number of methoxy groups -OCH3 is 2. The molecule has 2 heterocycles. The average Bonchev–Trinajstić information content (AvgIpc) is 3.25. The van der Waals surface area contributed by atoms with Crippen LogP contribution in [0, 0.1) is 0 Å². The Morgan fingerprint density at radius 1 is 1.09 bits per heavy atom. The second kappa shape index (κ2) is 12.5. The number of ether oxygens (including phenoxy) is 2. The number of carbonyl (C=O) groups excluding carboxylic acids is 1. The van der Waals surface area contributed by atoms with E-state index in [9.17, 15) is 13.2 Å². The fraction of sp³-hybridized carbons (Fsp3) is 0.364. The number of hydrogen-bond donors (Lipinski definition) is 2. The summed E-state index contributed by atoms with van der Waals surface area (Å²) in [6, 6.07) is 9.21. The molecule has 0 aliphatic heterocycles. The second-order valence-electron chi connectivity index (χ2n) is 7.19. The van der Waals surface area contributed by atoms with Crippen molar-refractivity contribution in [1.82, 2.24) is 9.97 Å². The van der Waals surface area contributed by atoms with Crippen LogP contribution in [0.5, 0.6) is 5.88 Å². The fourth-order valence-corrected chi connectivity index (χ4v) is 5.03. The van der Waals surface area contributed by atoms with Gasteiger partial charge in [-0.25, -0.2) is 18.4 Å². The van der Waals surface area contributed by atoms with Crippen molar-refractivity contribution in [3.63, 3.8) is 0 Å². The molecule has 3 rings (SSSR count). The summed E-state index contributed by atoms with van der Waals surface area (Å²) in [5, 5.41) is 15.9. The Bertz CT molecular complexity index is 1270. The third kappa shape index (κ3) is 7.18. The second-order valence-corrected chi connectivity index (χ2v) is 10.3. The van der Waals surface area contributed by atoms with E-state index in [0.29, 0.717) is 46.4 Å². The molecule has 0 bridgehead atoms. The number of rotatable bonds is 13. The monoisotopic (exact) mass is 522 g/mol. The van der Waals surface area contributed by atoms with Crippen LogP contribution in [-0.4, -0.2) is 74.9 Å². The van der Waals surface area contributed by atoms with Gasteiger partial charge in [0.05, 0.1) is 17.8 Å². The predicted octanol–water partition coefficient (Wildman–Crippen LogP) is 2.25. The third-order valence-corrected chi connectivity index (χ3v) is 7.37. The highest BCUT2D eigenvalue weighted by molar-refractivity contribution is 7.91. The molecule has 0 aliphatic carbocycles. The number of aliphatic hydroxyl groups excluding tert-OH is 1. The topological polar surface area (TPSA) is 149 Å². The van der Waals surface area contributed by atoms with Crippen LogP contribution in [0.15, 0.2) is 46.4 Å². The van der Waals surface area contributed by atoms with E-state index >= 15 is 0 Å². The molecule has 13 heteroatoms. The number of fused-ring (bicyclic) bond motifs is 1. The first kappa shape index (κ1) is 26.5. The van der Waals surface area contributed by atoms with Gasteiger partial charge in [0.25, 0.3) is 5.91 Å². The van der Waals surface area contributed by atoms with Gasteiger partial charge in [-0.2, -0.15) is 0 Å². The number of nitrogens with zero attached hydrogens (tertiary/aromatic N) is 3. The lowest BCUT2D eigenvalue weighted by molar-refractivity contribution is -0.110. The number of amides is 1. The first-order chi connectivity index (χ1) is 16.9. The minimum absolute atomic E-state index is 0.0533. The third-order valence-electron chi connectivity index (χ3n) is 4.67.